The summed E-state index contributed by atoms with van der Waals surface area (Å²) in [5.41, 5.74) is 1.76. The minimum atomic E-state index is -0.0630. The highest BCUT2D eigenvalue weighted by molar-refractivity contribution is 7.71. The number of nitrogens with zero attached hydrogens (tertiary/aromatic N) is 3. The zero-order valence-electron chi connectivity index (χ0n) is 18.0. The molecular weight excluding hydrogens is 424 g/mol. The third-order valence-electron chi connectivity index (χ3n) is 6.01. The summed E-state index contributed by atoms with van der Waals surface area (Å²) in [5.74, 6) is 0.450. The molecule has 168 valence electrons. The van der Waals surface area contributed by atoms with E-state index in [1.54, 1.807) is 22.8 Å². The highest BCUT2D eigenvalue weighted by atomic mass is 32.1. The van der Waals surface area contributed by atoms with E-state index in [1.807, 2.05) is 35.2 Å². The molecule has 0 bridgehead atoms. The van der Waals surface area contributed by atoms with Gasteiger partial charge in [0.1, 0.15) is 5.75 Å². The molecule has 0 saturated carbocycles. The summed E-state index contributed by atoms with van der Waals surface area (Å²) in [7, 11) is 0. The molecule has 1 aliphatic rings. The molecule has 0 radical (unpaired) electrons. The van der Waals surface area contributed by atoms with Gasteiger partial charge < -0.3 is 19.9 Å². The molecule has 4 rings (SSSR count). The number of amides is 1. The molecule has 8 heteroatoms. The summed E-state index contributed by atoms with van der Waals surface area (Å²) in [6.07, 6.45) is 3.00. The van der Waals surface area contributed by atoms with Crippen LogP contribution in [0.25, 0.3) is 10.9 Å². The van der Waals surface area contributed by atoms with Gasteiger partial charge in [-0.2, -0.15) is 0 Å². The maximum Gasteiger partial charge on any atom is 0.262 e. The highest BCUT2D eigenvalue weighted by Crippen LogP contribution is 2.20. The maximum atomic E-state index is 12.7. The summed E-state index contributed by atoms with van der Waals surface area (Å²) in [6, 6.07) is 14.6. The summed E-state index contributed by atoms with van der Waals surface area (Å²) in [5, 5.41) is 10.1. The van der Waals surface area contributed by atoms with E-state index < -0.39 is 0 Å². The number of para-hydroxylation sites is 1. The number of carbonyl (C=O) groups excluding carboxylic acids is 1. The molecule has 2 heterocycles. The van der Waals surface area contributed by atoms with Gasteiger partial charge in [0.05, 0.1) is 10.9 Å². The summed E-state index contributed by atoms with van der Waals surface area (Å²) < 4.78 is 2.05. The summed E-state index contributed by atoms with van der Waals surface area (Å²) in [6.45, 7) is 3.56. The largest absolute Gasteiger partial charge is 0.508 e. The van der Waals surface area contributed by atoms with Crippen molar-refractivity contribution in [2.75, 3.05) is 31.1 Å². The van der Waals surface area contributed by atoms with Crippen molar-refractivity contribution in [2.24, 2.45) is 0 Å². The SMILES string of the molecule is O=C(CCCCCn1c(=S)[nH]c2ccccc2c1=O)N1CCN(c2ccc(O)cc2)CC1. The van der Waals surface area contributed by atoms with Gasteiger partial charge in [-0.1, -0.05) is 18.6 Å². The number of anilines is 1. The Labute approximate surface area is 191 Å². The van der Waals surface area contributed by atoms with Gasteiger partial charge in [0.15, 0.2) is 4.77 Å². The van der Waals surface area contributed by atoms with Crippen molar-refractivity contribution in [3.8, 4) is 5.75 Å². The Balaban J connectivity index is 1.21. The third kappa shape index (κ3) is 5.02. The van der Waals surface area contributed by atoms with E-state index in [1.165, 1.54) is 0 Å². The molecule has 3 aromatic rings. The highest BCUT2D eigenvalue weighted by Gasteiger charge is 2.20. The Morgan fingerprint density at radius 2 is 1.69 bits per heavy atom. The van der Waals surface area contributed by atoms with E-state index in [0.717, 1.165) is 43.6 Å². The molecule has 0 aliphatic carbocycles. The van der Waals surface area contributed by atoms with Gasteiger partial charge in [-0.05, 0) is 61.5 Å². The van der Waals surface area contributed by atoms with E-state index in [2.05, 4.69) is 9.88 Å². The first kappa shape index (κ1) is 22.1. The lowest BCUT2D eigenvalue weighted by atomic mass is 10.1. The number of fused-ring (bicyclic) bond motifs is 1. The third-order valence-corrected chi connectivity index (χ3v) is 6.33. The molecular formula is C24H28N4O3S. The van der Waals surface area contributed by atoms with Gasteiger partial charge in [-0.15, -0.1) is 0 Å². The predicted molar refractivity (Wildman–Crippen MR) is 129 cm³/mol. The van der Waals surface area contributed by atoms with Crippen LogP contribution in [0.1, 0.15) is 25.7 Å². The Morgan fingerprint density at radius 3 is 2.44 bits per heavy atom. The van der Waals surface area contributed by atoms with Gasteiger partial charge in [0.25, 0.3) is 5.56 Å². The summed E-state index contributed by atoms with van der Waals surface area (Å²) in [4.78, 5) is 32.5. The second-order valence-corrected chi connectivity index (χ2v) is 8.51. The minimum absolute atomic E-state index is 0.0630. The number of aromatic amines is 1. The van der Waals surface area contributed by atoms with Crippen molar-refractivity contribution >= 4 is 34.7 Å². The average molecular weight is 453 g/mol. The second kappa shape index (κ2) is 9.99. The fraction of sp³-hybridized carbons (Fsp3) is 0.375. The Hall–Kier alpha value is -3.13. The molecule has 0 unspecified atom stereocenters. The van der Waals surface area contributed by atoms with Gasteiger partial charge in [-0.25, -0.2) is 0 Å². The molecule has 1 aliphatic heterocycles. The number of H-pyrrole nitrogens is 1. The van der Waals surface area contributed by atoms with Crippen molar-refractivity contribution < 1.29 is 9.90 Å². The fourth-order valence-corrected chi connectivity index (χ4v) is 4.44. The molecule has 2 N–H and O–H groups in total. The van der Waals surface area contributed by atoms with Crippen LogP contribution in [0.3, 0.4) is 0 Å². The maximum absolute atomic E-state index is 12.7. The number of hydrogen-bond donors (Lipinski definition) is 2. The first-order valence-corrected chi connectivity index (χ1v) is 11.5. The van der Waals surface area contributed by atoms with Crippen molar-refractivity contribution in [3.63, 3.8) is 0 Å². The van der Waals surface area contributed by atoms with Crippen LogP contribution in [-0.2, 0) is 11.3 Å². The number of piperazine rings is 1. The van der Waals surface area contributed by atoms with Gasteiger partial charge in [-0.3, -0.25) is 14.2 Å². The zero-order valence-corrected chi connectivity index (χ0v) is 18.8. The molecule has 0 spiro atoms. The van der Waals surface area contributed by atoms with Crippen molar-refractivity contribution in [3.05, 3.63) is 63.7 Å². The van der Waals surface area contributed by atoms with Crippen LogP contribution in [0.2, 0.25) is 0 Å². The minimum Gasteiger partial charge on any atom is -0.508 e. The number of phenols is 1. The molecule has 1 fully saturated rings. The zero-order chi connectivity index (χ0) is 22.5. The van der Waals surface area contributed by atoms with E-state index in [-0.39, 0.29) is 17.2 Å². The number of unbranched alkanes of at least 4 members (excludes halogenated alkanes) is 2. The number of carbonyl (C=O) groups is 1. The number of nitrogens with one attached hydrogen (secondary N) is 1. The number of aromatic nitrogens is 2. The number of rotatable bonds is 7. The van der Waals surface area contributed by atoms with Gasteiger partial charge >= 0.3 is 0 Å². The Kier molecular flexibility index (Phi) is 6.90. The average Bonchev–Trinajstić information content (AvgIpc) is 2.81. The van der Waals surface area contributed by atoms with E-state index in [4.69, 9.17) is 12.2 Å². The number of benzene rings is 2. The Bertz CT molecular complexity index is 1190. The quantitative estimate of drug-likeness (QED) is 0.422. The van der Waals surface area contributed by atoms with Crippen LogP contribution < -0.4 is 10.5 Å². The monoisotopic (exact) mass is 452 g/mol. The van der Waals surface area contributed by atoms with Crippen molar-refractivity contribution in [2.45, 2.75) is 32.2 Å². The van der Waals surface area contributed by atoms with E-state index >= 15 is 0 Å². The number of hydrogen-bond acceptors (Lipinski definition) is 5. The van der Waals surface area contributed by atoms with E-state index in [0.29, 0.717) is 36.2 Å². The first-order valence-electron chi connectivity index (χ1n) is 11.1. The van der Waals surface area contributed by atoms with Crippen LogP contribution >= 0.6 is 12.2 Å². The fourth-order valence-electron chi connectivity index (χ4n) is 4.16. The van der Waals surface area contributed by atoms with Crippen LogP contribution in [0.5, 0.6) is 5.75 Å². The standard InChI is InChI=1S/C24H28N4O3S/c29-19-11-9-18(10-12-19)26-14-16-27(17-15-26)22(30)8-2-1-5-13-28-23(31)20-6-3-4-7-21(20)25-24(28)32/h3-4,6-7,9-12,29H,1-2,5,8,13-17H2,(H,25,32). The lowest BCUT2D eigenvalue weighted by Crippen LogP contribution is -2.48. The molecule has 0 atom stereocenters. The van der Waals surface area contributed by atoms with Gasteiger partial charge in [0.2, 0.25) is 5.91 Å². The van der Waals surface area contributed by atoms with Gasteiger partial charge in [0, 0.05) is 44.8 Å². The molecule has 1 saturated heterocycles. The number of phenolic OH excluding ortho intramolecular Hbond substituents is 1. The van der Waals surface area contributed by atoms with Crippen LogP contribution in [0.4, 0.5) is 5.69 Å². The van der Waals surface area contributed by atoms with Crippen molar-refractivity contribution in [1.82, 2.24) is 14.5 Å². The van der Waals surface area contributed by atoms with Crippen LogP contribution in [0, 0.1) is 4.77 Å². The number of aromatic hydroxyl groups is 1. The molecule has 1 aromatic heterocycles. The smallest absolute Gasteiger partial charge is 0.262 e. The van der Waals surface area contributed by atoms with Crippen LogP contribution in [-0.4, -0.2) is 51.6 Å². The molecule has 32 heavy (non-hydrogen) atoms. The summed E-state index contributed by atoms with van der Waals surface area (Å²) >= 11 is 5.35. The molecule has 2 aromatic carbocycles. The van der Waals surface area contributed by atoms with E-state index in [9.17, 15) is 14.7 Å². The molecule has 7 nitrogen and oxygen atoms in total. The first-order chi connectivity index (χ1) is 15.5. The lowest BCUT2D eigenvalue weighted by Gasteiger charge is -2.36. The van der Waals surface area contributed by atoms with Crippen LogP contribution in [0.15, 0.2) is 53.3 Å². The Morgan fingerprint density at radius 1 is 0.969 bits per heavy atom. The normalized spacial score (nSPS) is 14.1. The lowest BCUT2D eigenvalue weighted by molar-refractivity contribution is -0.131. The predicted octanol–water partition coefficient (Wildman–Crippen LogP) is 3.67. The second-order valence-electron chi connectivity index (χ2n) is 8.13. The van der Waals surface area contributed by atoms with Crippen molar-refractivity contribution in [1.29, 1.82) is 0 Å². The topological polar surface area (TPSA) is 81.6 Å². The molecule has 1 amide bonds.